The molecule has 1 aromatic carbocycles. The number of benzene rings is 1. The molecule has 4 nitrogen and oxygen atoms in total. The summed E-state index contributed by atoms with van der Waals surface area (Å²) in [4.78, 5) is 7.40. The number of aromatic nitrogens is 2. The molecule has 0 saturated carbocycles. The van der Waals surface area contributed by atoms with E-state index in [4.69, 9.17) is 5.21 Å². The van der Waals surface area contributed by atoms with E-state index in [0.717, 1.165) is 21.9 Å². The van der Waals surface area contributed by atoms with E-state index in [1.54, 1.807) is 6.07 Å². The standard InChI is InChI=1S/C11H9N3O/c15-14-10-6-5-8-7-3-1-2-4-9(7)12-11(8)13-10/h1-6,15H,(H2,12,13,14). The molecule has 15 heavy (non-hydrogen) atoms. The third-order valence-electron chi connectivity index (χ3n) is 2.48. The maximum absolute atomic E-state index is 8.75. The van der Waals surface area contributed by atoms with Crippen molar-refractivity contribution < 1.29 is 5.21 Å². The highest BCUT2D eigenvalue weighted by atomic mass is 16.5. The van der Waals surface area contributed by atoms with E-state index >= 15 is 0 Å². The Kier molecular flexibility index (Phi) is 1.63. The number of H-pyrrole nitrogens is 1. The van der Waals surface area contributed by atoms with Crippen LogP contribution in [0.5, 0.6) is 0 Å². The van der Waals surface area contributed by atoms with E-state index in [1.807, 2.05) is 35.8 Å². The van der Waals surface area contributed by atoms with Gasteiger partial charge in [-0.15, -0.1) is 0 Å². The van der Waals surface area contributed by atoms with Crippen LogP contribution in [0, 0.1) is 0 Å². The molecular formula is C11H9N3O. The Bertz CT molecular complexity index is 630. The summed E-state index contributed by atoms with van der Waals surface area (Å²) in [6, 6.07) is 11.7. The van der Waals surface area contributed by atoms with Gasteiger partial charge in [-0.25, -0.2) is 4.98 Å². The van der Waals surface area contributed by atoms with Gasteiger partial charge < -0.3 is 4.98 Å². The number of pyridine rings is 1. The van der Waals surface area contributed by atoms with Crippen LogP contribution in [-0.2, 0) is 0 Å². The van der Waals surface area contributed by atoms with Gasteiger partial charge in [0.1, 0.15) is 5.65 Å². The van der Waals surface area contributed by atoms with Crippen LogP contribution >= 0.6 is 0 Å². The van der Waals surface area contributed by atoms with Gasteiger partial charge in [-0.2, -0.15) is 0 Å². The Morgan fingerprint density at radius 1 is 1.07 bits per heavy atom. The molecular weight excluding hydrogens is 190 g/mol. The molecule has 0 saturated heterocycles. The first kappa shape index (κ1) is 8.26. The van der Waals surface area contributed by atoms with Crippen molar-refractivity contribution in [3.63, 3.8) is 0 Å². The van der Waals surface area contributed by atoms with E-state index in [9.17, 15) is 0 Å². The molecule has 0 fully saturated rings. The van der Waals surface area contributed by atoms with Gasteiger partial charge in [0.2, 0.25) is 0 Å². The largest absolute Gasteiger partial charge is 0.339 e. The summed E-state index contributed by atoms with van der Waals surface area (Å²) >= 11 is 0. The maximum atomic E-state index is 8.75. The molecule has 0 amide bonds. The molecule has 2 heterocycles. The Hall–Kier alpha value is -2.07. The predicted molar refractivity (Wildman–Crippen MR) is 59.0 cm³/mol. The van der Waals surface area contributed by atoms with Crippen molar-refractivity contribution in [1.82, 2.24) is 9.97 Å². The zero-order valence-electron chi connectivity index (χ0n) is 7.86. The van der Waals surface area contributed by atoms with Crippen molar-refractivity contribution in [3.8, 4) is 0 Å². The van der Waals surface area contributed by atoms with E-state index in [1.165, 1.54) is 0 Å². The SMILES string of the molecule is ONc1ccc2c(n1)[nH]c1ccccc12. The highest BCUT2D eigenvalue weighted by molar-refractivity contribution is 6.06. The molecule has 0 spiro atoms. The van der Waals surface area contributed by atoms with Gasteiger partial charge in [0.25, 0.3) is 0 Å². The fourth-order valence-electron chi connectivity index (χ4n) is 1.79. The average molecular weight is 199 g/mol. The predicted octanol–water partition coefficient (Wildman–Crippen LogP) is 2.52. The molecule has 4 heteroatoms. The first-order valence-corrected chi connectivity index (χ1v) is 4.66. The van der Waals surface area contributed by atoms with Crippen molar-refractivity contribution in [2.24, 2.45) is 0 Å². The molecule has 0 bridgehead atoms. The number of hydrogen-bond donors (Lipinski definition) is 3. The van der Waals surface area contributed by atoms with Crippen LogP contribution < -0.4 is 5.48 Å². The first-order valence-electron chi connectivity index (χ1n) is 4.66. The van der Waals surface area contributed by atoms with Crippen LogP contribution in [0.3, 0.4) is 0 Å². The molecule has 2 aromatic heterocycles. The molecule has 0 radical (unpaired) electrons. The van der Waals surface area contributed by atoms with E-state index in [2.05, 4.69) is 9.97 Å². The molecule has 3 aromatic rings. The first-order chi connectivity index (χ1) is 7.38. The smallest absolute Gasteiger partial charge is 0.151 e. The topological polar surface area (TPSA) is 60.9 Å². The van der Waals surface area contributed by atoms with E-state index in [0.29, 0.717) is 5.82 Å². The minimum Gasteiger partial charge on any atom is -0.339 e. The third kappa shape index (κ3) is 1.15. The molecule has 0 unspecified atom stereocenters. The van der Waals surface area contributed by atoms with Gasteiger partial charge in [-0.3, -0.25) is 10.7 Å². The summed E-state index contributed by atoms with van der Waals surface area (Å²) in [5.41, 5.74) is 3.86. The van der Waals surface area contributed by atoms with Crippen LogP contribution in [-0.4, -0.2) is 15.2 Å². The van der Waals surface area contributed by atoms with Crippen LogP contribution in [0.25, 0.3) is 21.9 Å². The van der Waals surface area contributed by atoms with Gasteiger partial charge in [0.05, 0.1) is 0 Å². The number of nitrogens with zero attached hydrogens (tertiary/aromatic N) is 1. The van der Waals surface area contributed by atoms with Gasteiger partial charge in [0.15, 0.2) is 5.82 Å². The zero-order chi connectivity index (χ0) is 10.3. The van der Waals surface area contributed by atoms with E-state index < -0.39 is 0 Å². The van der Waals surface area contributed by atoms with Crippen molar-refractivity contribution in [2.75, 3.05) is 5.48 Å². The molecule has 3 N–H and O–H groups in total. The summed E-state index contributed by atoms with van der Waals surface area (Å²) < 4.78 is 0. The molecule has 0 aliphatic rings. The molecule has 74 valence electrons. The fraction of sp³-hybridized carbons (Fsp3) is 0. The molecule has 0 aliphatic heterocycles. The molecule has 0 atom stereocenters. The lowest BCUT2D eigenvalue weighted by molar-refractivity contribution is 0.386. The molecule has 0 aliphatic carbocycles. The van der Waals surface area contributed by atoms with Gasteiger partial charge in [0, 0.05) is 16.3 Å². The number of hydrogen-bond acceptors (Lipinski definition) is 3. The second-order valence-corrected chi connectivity index (χ2v) is 3.38. The quantitative estimate of drug-likeness (QED) is 0.528. The second kappa shape index (κ2) is 2.96. The lowest BCUT2D eigenvalue weighted by Gasteiger charge is -1.96. The Labute approximate surface area is 85.5 Å². The van der Waals surface area contributed by atoms with Gasteiger partial charge in [-0.05, 0) is 18.2 Å². The number of fused-ring (bicyclic) bond motifs is 3. The van der Waals surface area contributed by atoms with Crippen molar-refractivity contribution in [2.45, 2.75) is 0 Å². The average Bonchev–Trinajstić information content (AvgIpc) is 2.66. The summed E-state index contributed by atoms with van der Waals surface area (Å²) in [7, 11) is 0. The Morgan fingerprint density at radius 2 is 1.93 bits per heavy atom. The lowest BCUT2D eigenvalue weighted by Crippen LogP contribution is -1.91. The third-order valence-corrected chi connectivity index (χ3v) is 2.48. The van der Waals surface area contributed by atoms with Gasteiger partial charge in [-0.1, -0.05) is 18.2 Å². The zero-order valence-corrected chi connectivity index (χ0v) is 7.86. The summed E-state index contributed by atoms with van der Waals surface area (Å²) in [6.07, 6.45) is 0. The van der Waals surface area contributed by atoms with Crippen LogP contribution in [0.1, 0.15) is 0 Å². The Balaban J connectivity index is 2.43. The highest BCUT2D eigenvalue weighted by Crippen LogP contribution is 2.24. The monoisotopic (exact) mass is 199 g/mol. The number of aromatic amines is 1. The summed E-state index contributed by atoms with van der Waals surface area (Å²) in [6.45, 7) is 0. The summed E-state index contributed by atoms with van der Waals surface area (Å²) in [5.74, 6) is 0.439. The minimum atomic E-state index is 0.439. The number of rotatable bonds is 1. The van der Waals surface area contributed by atoms with Crippen LogP contribution in [0.2, 0.25) is 0 Å². The number of nitrogens with one attached hydrogen (secondary N) is 2. The van der Waals surface area contributed by atoms with Crippen molar-refractivity contribution in [1.29, 1.82) is 0 Å². The van der Waals surface area contributed by atoms with Crippen LogP contribution in [0.15, 0.2) is 36.4 Å². The lowest BCUT2D eigenvalue weighted by atomic mass is 10.2. The van der Waals surface area contributed by atoms with Gasteiger partial charge >= 0.3 is 0 Å². The maximum Gasteiger partial charge on any atom is 0.151 e. The fourth-order valence-corrected chi connectivity index (χ4v) is 1.79. The number of para-hydroxylation sites is 1. The second-order valence-electron chi connectivity index (χ2n) is 3.38. The normalized spacial score (nSPS) is 11.0. The van der Waals surface area contributed by atoms with Crippen molar-refractivity contribution in [3.05, 3.63) is 36.4 Å². The number of anilines is 1. The van der Waals surface area contributed by atoms with Crippen molar-refractivity contribution >= 4 is 27.8 Å². The van der Waals surface area contributed by atoms with E-state index in [-0.39, 0.29) is 0 Å². The van der Waals surface area contributed by atoms with Crippen LogP contribution in [0.4, 0.5) is 5.82 Å². The highest BCUT2D eigenvalue weighted by Gasteiger charge is 2.04. The summed E-state index contributed by atoms with van der Waals surface area (Å²) in [5, 5.41) is 10.9. The molecule has 3 rings (SSSR count). The Morgan fingerprint density at radius 3 is 2.80 bits per heavy atom. The minimum absolute atomic E-state index is 0.439.